The smallest absolute Gasteiger partial charge is 0.186 e. The molecule has 1 aliphatic heterocycles. The molecule has 2 heterocycles. The molecule has 5 aromatic carbocycles. The van der Waals surface area contributed by atoms with Crippen LogP contribution in [-0.2, 0) is 42.8 Å². The number of aromatic nitrogens is 1. The van der Waals surface area contributed by atoms with Crippen LogP contribution in [0.3, 0.4) is 0 Å². The van der Waals surface area contributed by atoms with Crippen LogP contribution in [0.15, 0.2) is 103 Å². The molecule has 344 valence electrons. The summed E-state index contributed by atoms with van der Waals surface area (Å²) in [6.07, 6.45) is 3.66. The molecule has 7 N–H and O–H groups in total. The molecule has 0 spiro atoms. The lowest BCUT2D eigenvalue weighted by Gasteiger charge is -2.27. The predicted octanol–water partition coefficient (Wildman–Crippen LogP) is 7.18. The van der Waals surface area contributed by atoms with Crippen LogP contribution in [0.2, 0.25) is 0 Å². The molecule has 0 saturated carbocycles. The van der Waals surface area contributed by atoms with Crippen LogP contribution >= 0.6 is 21.6 Å². The number of hydrogen-bond donors (Lipinski definition) is 7. The molecule has 0 fully saturated rings. The second kappa shape index (κ2) is 22.3. The number of nitrogens with one attached hydrogen (secondary N) is 2. The van der Waals surface area contributed by atoms with Gasteiger partial charge in [0.25, 0.3) is 0 Å². The van der Waals surface area contributed by atoms with Gasteiger partial charge in [0.05, 0.1) is 18.8 Å². The van der Waals surface area contributed by atoms with Gasteiger partial charge in [0.15, 0.2) is 29.8 Å². The lowest BCUT2D eigenvalue weighted by molar-refractivity contribution is -0.123. The summed E-state index contributed by atoms with van der Waals surface area (Å²) < 4.78 is 17.7. The van der Waals surface area contributed by atoms with Crippen LogP contribution in [0.5, 0.6) is 28.7 Å². The number of benzene rings is 5. The van der Waals surface area contributed by atoms with E-state index in [1.54, 1.807) is 50.7 Å². The van der Waals surface area contributed by atoms with Crippen molar-refractivity contribution in [2.75, 3.05) is 40.0 Å². The van der Waals surface area contributed by atoms with Gasteiger partial charge in [0.1, 0.15) is 18.3 Å². The molecule has 7 rings (SSSR count). The molecule has 0 aliphatic carbocycles. The first kappa shape index (κ1) is 47.8. The highest BCUT2D eigenvalue weighted by atomic mass is 33.1. The molecule has 0 unspecified atom stereocenters. The highest BCUT2D eigenvalue weighted by molar-refractivity contribution is 8.76. The van der Waals surface area contributed by atoms with Crippen molar-refractivity contribution in [2.24, 2.45) is 5.92 Å². The number of ketones is 1. The Labute approximate surface area is 388 Å². The van der Waals surface area contributed by atoms with Crippen LogP contribution < -0.4 is 29.8 Å². The van der Waals surface area contributed by atoms with Gasteiger partial charge in [-0.1, -0.05) is 93.9 Å². The Morgan fingerprint density at radius 2 is 1.77 bits per heavy atom. The summed E-state index contributed by atoms with van der Waals surface area (Å²) in [6.45, 7) is 2.01. The second-order valence-electron chi connectivity index (χ2n) is 16.9. The molecule has 4 atom stereocenters. The first-order chi connectivity index (χ1) is 31.5. The van der Waals surface area contributed by atoms with Crippen LogP contribution in [0.25, 0.3) is 10.8 Å². The van der Waals surface area contributed by atoms with Crippen molar-refractivity contribution in [3.8, 4) is 28.7 Å². The molecule has 14 heteroatoms. The van der Waals surface area contributed by atoms with Crippen molar-refractivity contribution in [2.45, 2.75) is 68.9 Å². The normalized spacial score (nSPS) is 17.0. The van der Waals surface area contributed by atoms with Gasteiger partial charge in [-0.05, 0) is 102 Å². The zero-order valence-electron chi connectivity index (χ0n) is 37.0. The van der Waals surface area contributed by atoms with Crippen molar-refractivity contribution < 1.29 is 44.5 Å². The average molecular weight is 921 g/mol. The zero-order valence-corrected chi connectivity index (χ0v) is 38.6. The Kier molecular flexibility index (Phi) is 16.4. The van der Waals surface area contributed by atoms with Gasteiger partial charge < -0.3 is 50.0 Å². The van der Waals surface area contributed by atoms with Crippen molar-refractivity contribution in [3.63, 3.8) is 0 Å². The van der Waals surface area contributed by atoms with E-state index in [1.165, 1.54) is 21.6 Å². The monoisotopic (exact) mass is 920 g/mol. The third-order valence-electron chi connectivity index (χ3n) is 12.0. The second-order valence-corrected chi connectivity index (χ2v) is 19.4. The fourth-order valence-corrected chi connectivity index (χ4v) is 11.3. The number of β-amino-alcohol motifs (C(OH)–C–C–N with tert-alkyl or cyclic N) is 1. The Balaban J connectivity index is 1.25. The fourth-order valence-electron chi connectivity index (χ4n) is 8.74. The number of ether oxygens (including phenoxy) is 3. The summed E-state index contributed by atoms with van der Waals surface area (Å²) in [7, 11) is 6.42. The zero-order chi connectivity index (χ0) is 45.9. The van der Waals surface area contributed by atoms with Crippen LogP contribution in [-0.4, -0.2) is 83.0 Å². The number of aromatic hydroxyl groups is 2. The standard InChI is InChI=1S/C51H58N3O9S2/c1-51(60)28-54-30-62-50-44(27-64-65-29-51)37(12-14-48(50)63-31-55)22-42(38-18-33(25-52-2)19-40(56)21-38)47(59)24-46(58)39(17-32-15-16-53-26-32)20-36-11-13-45(57)49(61-3)43(36)23-35-9-6-8-34-7-4-5-10-41(34)35/h4-16,18-19,21,26,39,42,46,52,54-58,60H,17,20,22-25,27-31H2,1-3H3/q-1/t39-,42-,46-,51-/m1/s1. The summed E-state index contributed by atoms with van der Waals surface area (Å²) >= 11 is 0. The number of phenols is 2. The molecule has 0 amide bonds. The summed E-state index contributed by atoms with van der Waals surface area (Å²) in [5.41, 5.74) is 5.64. The van der Waals surface area contributed by atoms with E-state index in [1.807, 2.05) is 49.5 Å². The number of nitrogens with zero attached hydrogens (tertiary/aromatic N) is 1. The van der Waals surface area contributed by atoms with Gasteiger partial charge >= 0.3 is 0 Å². The van der Waals surface area contributed by atoms with E-state index in [2.05, 4.69) is 39.9 Å². The largest absolute Gasteiger partial charge is 0.670 e. The van der Waals surface area contributed by atoms with Crippen molar-refractivity contribution in [1.29, 1.82) is 0 Å². The molecular weight excluding hydrogens is 863 g/mol. The maximum Gasteiger partial charge on any atom is 0.186 e. The maximum atomic E-state index is 15.1. The van der Waals surface area contributed by atoms with E-state index >= 15 is 4.79 Å². The lowest BCUT2D eigenvalue weighted by atomic mass is 9.80. The Bertz CT molecular complexity index is 2530. The van der Waals surface area contributed by atoms with E-state index in [0.717, 1.165) is 49.7 Å². The molecular formula is C51H58N3O9S2-. The van der Waals surface area contributed by atoms with E-state index < -0.39 is 30.3 Å². The number of rotatable bonds is 18. The van der Waals surface area contributed by atoms with Gasteiger partial charge in [-0.15, -0.1) is 0 Å². The van der Waals surface area contributed by atoms with Crippen LogP contribution in [0.1, 0.15) is 63.8 Å². The third kappa shape index (κ3) is 12.2. The van der Waals surface area contributed by atoms with Crippen molar-refractivity contribution in [1.82, 2.24) is 15.6 Å². The minimum absolute atomic E-state index is 0.0160. The topological polar surface area (TPSA) is 184 Å². The molecule has 0 bridgehead atoms. The average Bonchev–Trinajstić information content (AvgIpc) is 3.79. The molecule has 65 heavy (non-hydrogen) atoms. The number of fused-ring (bicyclic) bond motifs is 2. The van der Waals surface area contributed by atoms with E-state index in [-0.39, 0.29) is 36.9 Å². The van der Waals surface area contributed by atoms with Gasteiger partial charge in [-0.2, -0.15) is 12.4 Å². The summed E-state index contributed by atoms with van der Waals surface area (Å²) in [5, 5.41) is 63.6. The van der Waals surface area contributed by atoms with Crippen LogP contribution in [0, 0.1) is 5.92 Å². The Morgan fingerprint density at radius 3 is 2.55 bits per heavy atom. The quantitative estimate of drug-likeness (QED) is 0.0340. The van der Waals surface area contributed by atoms with Gasteiger partial charge in [0.2, 0.25) is 0 Å². The Hall–Kier alpha value is -5.19. The molecule has 0 saturated heterocycles. The number of carbonyl (C=O) groups is 1. The lowest BCUT2D eigenvalue weighted by Crippen LogP contribution is -2.41. The van der Waals surface area contributed by atoms with Gasteiger partial charge in [-0.3, -0.25) is 10.1 Å². The van der Waals surface area contributed by atoms with Crippen molar-refractivity contribution >= 4 is 38.1 Å². The first-order valence-corrected chi connectivity index (χ1v) is 24.2. The first-order valence-electron chi connectivity index (χ1n) is 21.7. The highest BCUT2D eigenvalue weighted by Crippen LogP contribution is 2.43. The number of hydrogen-bond acceptors (Lipinski definition) is 13. The minimum Gasteiger partial charge on any atom is -0.670 e. The third-order valence-corrected chi connectivity index (χ3v) is 14.5. The van der Waals surface area contributed by atoms with E-state index in [0.29, 0.717) is 66.7 Å². The maximum absolute atomic E-state index is 15.1. The summed E-state index contributed by atoms with van der Waals surface area (Å²) in [4.78, 5) is 19.4. The number of phenolic OH excluding ortho intramolecular Hbond substituents is 2. The molecule has 1 aliphatic rings. The van der Waals surface area contributed by atoms with E-state index in [4.69, 9.17) is 14.2 Å². The SMILES string of the molecule is CNCc1cc(O)cc([C@@H](Cc2ccc(OCO)c3c2CSSC[C@](C)(O)CNCO3)C(=O)C[C@@H](O)[C@H](Cc2cc[n-]c2)Cc2ccc(O)c(OC)c2Cc2cccc3ccccc23)c1. The number of aliphatic hydroxyl groups excluding tert-OH is 2. The Morgan fingerprint density at radius 1 is 0.954 bits per heavy atom. The molecule has 0 radical (unpaired) electrons. The number of methoxy groups -OCH3 is 1. The fraction of sp³-hybridized carbons (Fsp3) is 0.353. The van der Waals surface area contributed by atoms with E-state index in [9.17, 15) is 25.5 Å². The minimum atomic E-state index is -1.11. The number of aliphatic hydroxyl groups is 3. The molecule has 1 aromatic heterocycles. The number of carbonyl (C=O) groups excluding carboxylic acids is 1. The molecule has 6 aromatic rings. The van der Waals surface area contributed by atoms with Gasteiger partial charge in [-0.25, -0.2) is 0 Å². The van der Waals surface area contributed by atoms with Crippen LogP contribution in [0.4, 0.5) is 0 Å². The summed E-state index contributed by atoms with van der Waals surface area (Å²) in [5.74, 6) is 0.595. The van der Waals surface area contributed by atoms with Gasteiger partial charge in [0, 0.05) is 54.5 Å². The predicted molar refractivity (Wildman–Crippen MR) is 257 cm³/mol. The number of Topliss-reactive ketones (excluding diaryl/α,β-unsaturated/α-hetero) is 1. The summed E-state index contributed by atoms with van der Waals surface area (Å²) in [6, 6.07) is 28.5. The molecule has 12 nitrogen and oxygen atoms in total. The van der Waals surface area contributed by atoms with Crippen molar-refractivity contribution in [3.05, 3.63) is 148 Å². The highest BCUT2D eigenvalue weighted by Gasteiger charge is 2.32.